The molecule has 6 heteroatoms. The fourth-order valence-electron chi connectivity index (χ4n) is 2.76. The van der Waals surface area contributed by atoms with E-state index in [1.165, 1.54) is 17.5 Å². The summed E-state index contributed by atoms with van der Waals surface area (Å²) in [6.07, 6.45) is 4.45. The van der Waals surface area contributed by atoms with E-state index in [1.54, 1.807) is 6.20 Å². The van der Waals surface area contributed by atoms with Gasteiger partial charge in [0.05, 0.1) is 12.9 Å². The maximum atomic E-state index is 10.3. The summed E-state index contributed by atoms with van der Waals surface area (Å²) in [6.45, 7) is 7.13. The third-order valence-electron chi connectivity index (χ3n) is 4.12. The third kappa shape index (κ3) is 4.79. The van der Waals surface area contributed by atoms with Crippen molar-refractivity contribution in [2.75, 3.05) is 13.2 Å². The summed E-state index contributed by atoms with van der Waals surface area (Å²) in [4.78, 5) is 18.5. The molecular formula is C19H24N4O2. The first-order chi connectivity index (χ1) is 12.1. The lowest BCUT2D eigenvalue weighted by molar-refractivity contribution is -0.109. The van der Waals surface area contributed by atoms with Crippen molar-refractivity contribution >= 4 is 18.6 Å². The molecule has 0 unspecified atom stereocenters. The lowest BCUT2D eigenvalue weighted by atomic mass is 9.94. The predicted molar refractivity (Wildman–Crippen MR) is 99.6 cm³/mol. The maximum Gasteiger partial charge on any atom is 0.207 e. The molecule has 3 N–H and O–H groups in total. The van der Waals surface area contributed by atoms with Crippen LogP contribution in [0.15, 0.2) is 29.4 Å². The summed E-state index contributed by atoms with van der Waals surface area (Å²) in [5, 5.41) is 2.60. The Balaban J connectivity index is 2.22. The molecule has 0 radical (unpaired) electrons. The minimum atomic E-state index is 0.448. The zero-order valence-electron chi connectivity index (χ0n) is 14.9. The van der Waals surface area contributed by atoms with Gasteiger partial charge < -0.3 is 15.8 Å². The highest BCUT2D eigenvalue weighted by Crippen LogP contribution is 2.30. The monoisotopic (exact) mass is 340 g/mol. The van der Waals surface area contributed by atoms with Crippen LogP contribution in [0.2, 0.25) is 0 Å². The molecule has 132 valence electrons. The highest BCUT2D eigenvalue weighted by molar-refractivity contribution is 5.57. The van der Waals surface area contributed by atoms with Gasteiger partial charge in [0.1, 0.15) is 12.4 Å². The van der Waals surface area contributed by atoms with Gasteiger partial charge in [0.25, 0.3) is 0 Å². The Bertz CT molecular complexity index is 772. The molecular weight excluding hydrogens is 316 g/mol. The zero-order valence-corrected chi connectivity index (χ0v) is 14.9. The molecule has 0 aliphatic rings. The number of carbonyl (C=O) groups excluding carboxylic acids is 1. The molecule has 0 spiro atoms. The Morgan fingerprint density at radius 1 is 1.28 bits per heavy atom. The van der Waals surface area contributed by atoms with Crippen molar-refractivity contribution in [3.05, 3.63) is 52.2 Å². The van der Waals surface area contributed by atoms with Crippen LogP contribution < -0.4 is 15.8 Å². The number of benzene rings is 1. The summed E-state index contributed by atoms with van der Waals surface area (Å²) in [6, 6.07) is 6.06. The van der Waals surface area contributed by atoms with Gasteiger partial charge in [0.2, 0.25) is 6.41 Å². The van der Waals surface area contributed by atoms with Gasteiger partial charge in [-0.3, -0.25) is 4.79 Å². The fourth-order valence-corrected chi connectivity index (χ4v) is 2.76. The van der Waals surface area contributed by atoms with Gasteiger partial charge in [-0.25, -0.2) is 9.98 Å². The number of aryl methyl sites for hydroxylation is 1. The molecule has 0 aliphatic heterocycles. The molecule has 1 aromatic heterocycles. The van der Waals surface area contributed by atoms with Crippen LogP contribution in [0.4, 0.5) is 5.82 Å². The van der Waals surface area contributed by atoms with Gasteiger partial charge >= 0.3 is 0 Å². The number of nitrogens with two attached hydrogens (primary N) is 1. The van der Waals surface area contributed by atoms with Gasteiger partial charge in [0.15, 0.2) is 5.82 Å². The number of aromatic nitrogens is 1. The summed E-state index contributed by atoms with van der Waals surface area (Å²) in [7, 11) is 0. The van der Waals surface area contributed by atoms with E-state index in [9.17, 15) is 4.79 Å². The van der Waals surface area contributed by atoms with Crippen LogP contribution in [0.25, 0.3) is 0 Å². The Morgan fingerprint density at radius 2 is 2.08 bits per heavy atom. The Hall–Kier alpha value is -2.89. The van der Waals surface area contributed by atoms with Crippen LogP contribution in [0, 0.1) is 20.8 Å². The standard InChI is InChI=1S/C19H24N4O2/c1-13-8-17(9-16-4-5-22-18(10-16)23-11-20)14(2)15(3)19(13)25-7-6-21-12-24/h4-5,8,10-12H,6-7,9H2,1-3H3,(H,21,24)(H2,20,22,23). The first-order valence-corrected chi connectivity index (χ1v) is 8.15. The quantitative estimate of drug-likeness (QED) is 0.334. The highest BCUT2D eigenvalue weighted by atomic mass is 16.5. The van der Waals surface area contributed by atoms with Gasteiger partial charge in [-0.15, -0.1) is 0 Å². The largest absolute Gasteiger partial charge is 0.491 e. The van der Waals surface area contributed by atoms with Crippen molar-refractivity contribution in [2.45, 2.75) is 27.2 Å². The van der Waals surface area contributed by atoms with Crippen molar-refractivity contribution in [1.29, 1.82) is 0 Å². The zero-order chi connectivity index (χ0) is 18.2. The number of hydrogen-bond donors (Lipinski definition) is 2. The van der Waals surface area contributed by atoms with Crippen LogP contribution in [-0.2, 0) is 11.2 Å². The molecule has 2 rings (SSSR count). The van der Waals surface area contributed by atoms with Crippen LogP contribution >= 0.6 is 0 Å². The minimum absolute atomic E-state index is 0.448. The van der Waals surface area contributed by atoms with Crippen LogP contribution in [0.5, 0.6) is 5.75 Å². The number of aliphatic imine (C=N–C) groups is 1. The number of carbonyl (C=O) groups is 1. The van der Waals surface area contributed by atoms with E-state index in [2.05, 4.69) is 35.2 Å². The SMILES string of the molecule is Cc1cc(Cc2ccnc(N=CN)c2)c(C)c(C)c1OCCNC=O. The van der Waals surface area contributed by atoms with Crippen molar-refractivity contribution < 1.29 is 9.53 Å². The fraction of sp³-hybridized carbons (Fsp3) is 0.316. The van der Waals surface area contributed by atoms with E-state index in [0.717, 1.165) is 28.9 Å². The molecule has 25 heavy (non-hydrogen) atoms. The molecule has 0 bridgehead atoms. The van der Waals surface area contributed by atoms with Crippen molar-refractivity contribution in [3.63, 3.8) is 0 Å². The van der Waals surface area contributed by atoms with E-state index >= 15 is 0 Å². The first kappa shape index (κ1) is 18.4. The van der Waals surface area contributed by atoms with E-state index in [4.69, 9.17) is 10.5 Å². The second-order valence-electron chi connectivity index (χ2n) is 5.83. The number of rotatable bonds is 8. The minimum Gasteiger partial charge on any atom is -0.491 e. The summed E-state index contributed by atoms with van der Waals surface area (Å²) < 4.78 is 5.84. The number of pyridine rings is 1. The molecule has 0 saturated heterocycles. The van der Waals surface area contributed by atoms with Gasteiger partial charge in [-0.05, 0) is 67.1 Å². The van der Waals surface area contributed by atoms with E-state index < -0.39 is 0 Å². The molecule has 2 aromatic rings. The van der Waals surface area contributed by atoms with Crippen LogP contribution in [0.1, 0.15) is 27.8 Å². The Kier molecular flexibility index (Phi) is 6.51. The number of ether oxygens (including phenoxy) is 1. The third-order valence-corrected chi connectivity index (χ3v) is 4.12. The molecule has 0 saturated carbocycles. The van der Waals surface area contributed by atoms with Crippen LogP contribution in [0.3, 0.4) is 0 Å². The lowest BCUT2D eigenvalue weighted by Crippen LogP contribution is -2.19. The maximum absolute atomic E-state index is 10.3. The molecule has 1 heterocycles. The summed E-state index contributed by atoms with van der Waals surface area (Å²) in [5.74, 6) is 1.49. The van der Waals surface area contributed by atoms with Gasteiger partial charge in [0, 0.05) is 6.20 Å². The number of amides is 1. The summed E-state index contributed by atoms with van der Waals surface area (Å²) >= 11 is 0. The Morgan fingerprint density at radius 3 is 2.80 bits per heavy atom. The van der Waals surface area contributed by atoms with E-state index in [-0.39, 0.29) is 0 Å². The predicted octanol–water partition coefficient (Wildman–Crippen LogP) is 2.34. The van der Waals surface area contributed by atoms with E-state index in [0.29, 0.717) is 25.4 Å². The van der Waals surface area contributed by atoms with Gasteiger partial charge in [-0.1, -0.05) is 6.07 Å². The Labute approximate surface area is 148 Å². The number of nitrogens with zero attached hydrogens (tertiary/aromatic N) is 2. The van der Waals surface area contributed by atoms with Gasteiger partial charge in [-0.2, -0.15) is 0 Å². The number of hydrogen-bond acceptors (Lipinski definition) is 4. The topological polar surface area (TPSA) is 89.6 Å². The van der Waals surface area contributed by atoms with E-state index in [1.807, 2.05) is 19.1 Å². The lowest BCUT2D eigenvalue weighted by Gasteiger charge is -2.17. The van der Waals surface area contributed by atoms with Crippen molar-refractivity contribution in [1.82, 2.24) is 10.3 Å². The molecule has 0 aliphatic carbocycles. The molecule has 1 amide bonds. The number of nitrogens with one attached hydrogen (secondary N) is 1. The average molecular weight is 340 g/mol. The second-order valence-corrected chi connectivity index (χ2v) is 5.83. The van der Waals surface area contributed by atoms with Crippen molar-refractivity contribution in [3.8, 4) is 5.75 Å². The highest BCUT2D eigenvalue weighted by Gasteiger charge is 2.12. The molecule has 0 fully saturated rings. The first-order valence-electron chi connectivity index (χ1n) is 8.15. The molecule has 6 nitrogen and oxygen atoms in total. The molecule has 0 atom stereocenters. The average Bonchev–Trinajstić information content (AvgIpc) is 2.59. The summed E-state index contributed by atoms with van der Waals surface area (Å²) in [5.41, 5.74) is 11.1. The second kappa shape index (κ2) is 8.82. The van der Waals surface area contributed by atoms with Crippen LogP contribution in [-0.4, -0.2) is 30.9 Å². The normalized spacial score (nSPS) is 10.8. The smallest absolute Gasteiger partial charge is 0.207 e. The van der Waals surface area contributed by atoms with Crippen molar-refractivity contribution in [2.24, 2.45) is 10.7 Å². The molecule has 1 aromatic carbocycles.